The summed E-state index contributed by atoms with van der Waals surface area (Å²) in [5.74, 6) is -2.78. The zero-order valence-corrected chi connectivity index (χ0v) is 22.4. The van der Waals surface area contributed by atoms with Crippen LogP contribution in [-0.2, 0) is 21.9 Å². The van der Waals surface area contributed by atoms with Crippen LogP contribution in [0.15, 0.2) is 48.5 Å². The molecule has 1 fully saturated rings. The van der Waals surface area contributed by atoms with Crippen LogP contribution in [0, 0.1) is 5.92 Å². The quantitative estimate of drug-likeness (QED) is 0.285. The number of esters is 1. The van der Waals surface area contributed by atoms with Crippen molar-refractivity contribution < 1.29 is 45.5 Å². The first-order valence-electron chi connectivity index (χ1n) is 13.0. The van der Waals surface area contributed by atoms with Crippen molar-refractivity contribution in [3.05, 3.63) is 70.8 Å². The molecule has 224 valence electrons. The Labute approximate surface area is 233 Å². The van der Waals surface area contributed by atoms with Gasteiger partial charge in [0, 0.05) is 29.6 Å². The zero-order chi connectivity index (χ0) is 30.4. The Kier molecular flexibility index (Phi) is 10.4. The molecule has 41 heavy (non-hydrogen) atoms. The first-order valence-corrected chi connectivity index (χ1v) is 13.0. The number of halogens is 6. The van der Waals surface area contributed by atoms with E-state index in [0.717, 1.165) is 24.3 Å². The molecule has 2 aromatic rings. The summed E-state index contributed by atoms with van der Waals surface area (Å²) in [6, 6.07) is 7.40. The van der Waals surface area contributed by atoms with Gasteiger partial charge in [0.25, 0.3) is 5.91 Å². The Morgan fingerprint density at radius 3 is 2.07 bits per heavy atom. The zero-order valence-electron chi connectivity index (χ0n) is 22.4. The molecule has 0 unspecified atom stereocenters. The predicted octanol–water partition coefficient (Wildman–Crippen LogP) is 4.96. The molecule has 0 heterocycles. The van der Waals surface area contributed by atoms with Crippen LogP contribution in [0.5, 0.6) is 0 Å². The number of hydrogen-bond donors (Lipinski definition) is 3. The Hall–Kier alpha value is -3.61. The number of hydrogen-bond acceptors (Lipinski definition) is 5. The summed E-state index contributed by atoms with van der Waals surface area (Å²) in [4.78, 5) is 37.5. The number of alkyl halides is 6. The van der Waals surface area contributed by atoms with E-state index in [1.165, 1.54) is 12.1 Å². The van der Waals surface area contributed by atoms with Gasteiger partial charge in [-0.05, 0) is 55.7 Å². The highest BCUT2D eigenvalue weighted by atomic mass is 19.4. The lowest BCUT2D eigenvalue weighted by Crippen LogP contribution is -2.52. The average Bonchev–Trinajstić information content (AvgIpc) is 2.90. The summed E-state index contributed by atoms with van der Waals surface area (Å²) in [5.41, 5.74) is -2.50. The molecule has 0 bridgehead atoms. The minimum absolute atomic E-state index is 0.0426. The molecular formula is C28H31F6N3O4. The SMILES string of the molecule is CC(C)N[C@@H]1CC[C@H](NC(=O)CNC(=O)c2cccc(C(F)(F)F)c2)[C@H](COC(=O)c2cccc(C(F)(F)F)c2)C1. The molecule has 1 aliphatic rings. The van der Waals surface area contributed by atoms with Crippen LogP contribution in [0.3, 0.4) is 0 Å². The van der Waals surface area contributed by atoms with Gasteiger partial charge in [-0.1, -0.05) is 26.0 Å². The smallest absolute Gasteiger partial charge is 0.416 e. The van der Waals surface area contributed by atoms with E-state index in [-0.39, 0.29) is 29.8 Å². The number of carbonyl (C=O) groups is 3. The van der Waals surface area contributed by atoms with E-state index < -0.39 is 59.8 Å². The average molecular weight is 588 g/mol. The summed E-state index contributed by atoms with van der Waals surface area (Å²) in [6.07, 6.45) is -7.59. The van der Waals surface area contributed by atoms with E-state index in [0.29, 0.717) is 31.4 Å². The van der Waals surface area contributed by atoms with Gasteiger partial charge in [0.15, 0.2) is 0 Å². The van der Waals surface area contributed by atoms with Crippen LogP contribution in [0.25, 0.3) is 0 Å². The molecule has 2 aromatic carbocycles. The molecule has 1 saturated carbocycles. The monoisotopic (exact) mass is 587 g/mol. The molecular weight excluding hydrogens is 556 g/mol. The number of ether oxygens (including phenoxy) is 1. The van der Waals surface area contributed by atoms with Gasteiger partial charge in [0.05, 0.1) is 29.8 Å². The minimum atomic E-state index is -4.63. The number of nitrogens with one attached hydrogen (secondary N) is 3. The van der Waals surface area contributed by atoms with E-state index in [1.54, 1.807) is 0 Å². The van der Waals surface area contributed by atoms with Crippen LogP contribution in [0.2, 0.25) is 0 Å². The van der Waals surface area contributed by atoms with Gasteiger partial charge in [0.2, 0.25) is 5.91 Å². The third-order valence-electron chi connectivity index (χ3n) is 6.61. The lowest BCUT2D eigenvalue weighted by Gasteiger charge is -2.37. The largest absolute Gasteiger partial charge is 0.462 e. The maximum atomic E-state index is 13.0. The Morgan fingerprint density at radius 1 is 0.902 bits per heavy atom. The van der Waals surface area contributed by atoms with E-state index in [9.17, 15) is 40.7 Å². The second-order valence-corrected chi connectivity index (χ2v) is 10.2. The standard InChI is InChI=1S/C28H31F6N3O4/c1-16(2)36-22-9-10-23(19(13-22)15-41-26(40)18-6-4-8-21(12-18)28(32,33)34)37-24(38)14-35-25(39)17-5-3-7-20(11-17)27(29,30)31/h3-8,11-12,16,19,22-23,36H,9-10,13-15H2,1-2H3,(H,35,39)(H,37,38)/t19-,22+,23-/m0/s1. The summed E-state index contributed by atoms with van der Waals surface area (Å²) >= 11 is 0. The van der Waals surface area contributed by atoms with Crippen molar-refractivity contribution >= 4 is 17.8 Å². The normalized spacial score (nSPS) is 19.5. The maximum absolute atomic E-state index is 13.0. The molecule has 3 N–H and O–H groups in total. The van der Waals surface area contributed by atoms with Crippen molar-refractivity contribution in [3.8, 4) is 0 Å². The summed E-state index contributed by atoms with van der Waals surface area (Å²) in [6.45, 7) is 3.25. The van der Waals surface area contributed by atoms with Gasteiger partial charge >= 0.3 is 18.3 Å². The first kappa shape index (κ1) is 31.9. The van der Waals surface area contributed by atoms with Crippen molar-refractivity contribution in [2.75, 3.05) is 13.2 Å². The molecule has 3 atom stereocenters. The highest BCUT2D eigenvalue weighted by Crippen LogP contribution is 2.31. The van der Waals surface area contributed by atoms with E-state index in [2.05, 4.69) is 16.0 Å². The Balaban J connectivity index is 1.62. The maximum Gasteiger partial charge on any atom is 0.416 e. The second-order valence-electron chi connectivity index (χ2n) is 10.2. The number of amides is 2. The van der Waals surface area contributed by atoms with Crippen LogP contribution in [0.4, 0.5) is 26.3 Å². The van der Waals surface area contributed by atoms with Crippen molar-refractivity contribution in [2.45, 2.75) is 63.6 Å². The molecule has 0 aromatic heterocycles. The van der Waals surface area contributed by atoms with Crippen LogP contribution >= 0.6 is 0 Å². The molecule has 13 heteroatoms. The van der Waals surface area contributed by atoms with Crippen molar-refractivity contribution in [1.82, 2.24) is 16.0 Å². The highest BCUT2D eigenvalue weighted by Gasteiger charge is 2.34. The van der Waals surface area contributed by atoms with Gasteiger partial charge in [-0.3, -0.25) is 9.59 Å². The van der Waals surface area contributed by atoms with Gasteiger partial charge < -0.3 is 20.7 Å². The lowest BCUT2D eigenvalue weighted by molar-refractivity contribution is -0.138. The highest BCUT2D eigenvalue weighted by molar-refractivity contribution is 5.96. The number of benzene rings is 2. The molecule has 3 rings (SSSR count). The van der Waals surface area contributed by atoms with E-state index in [1.807, 2.05) is 13.8 Å². The Bertz CT molecular complexity index is 1230. The van der Waals surface area contributed by atoms with Crippen LogP contribution in [0.1, 0.15) is 65.0 Å². The number of rotatable bonds is 9. The van der Waals surface area contributed by atoms with Crippen molar-refractivity contribution in [3.63, 3.8) is 0 Å². The summed E-state index contributed by atoms with van der Waals surface area (Å²) in [5, 5.41) is 8.46. The van der Waals surface area contributed by atoms with Gasteiger partial charge in [0.1, 0.15) is 0 Å². The molecule has 0 radical (unpaired) electrons. The fourth-order valence-corrected chi connectivity index (χ4v) is 4.71. The molecule has 1 aliphatic carbocycles. The second kappa shape index (κ2) is 13.4. The van der Waals surface area contributed by atoms with Crippen molar-refractivity contribution in [2.24, 2.45) is 5.92 Å². The fraction of sp³-hybridized carbons (Fsp3) is 0.464. The summed E-state index contributed by atoms with van der Waals surface area (Å²) < 4.78 is 83.3. The van der Waals surface area contributed by atoms with E-state index in [4.69, 9.17) is 4.74 Å². The van der Waals surface area contributed by atoms with E-state index >= 15 is 0 Å². The molecule has 0 saturated heterocycles. The van der Waals surface area contributed by atoms with Gasteiger partial charge in [-0.2, -0.15) is 26.3 Å². The van der Waals surface area contributed by atoms with Gasteiger partial charge in [-0.15, -0.1) is 0 Å². The third kappa shape index (κ3) is 9.48. The lowest BCUT2D eigenvalue weighted by atomic mass is 9.81. The minimum Gasteiger partial charge on any atom is -0.462 e. The van der Waals surface area contributed by atoms with Crippen LogP contribution in [-0.4, -0.2) is 49.1 Å². The summed E-state index contributed by atoms with van der Waals surface area (Å²) in [7, 11) is 0. The number of carbonyl (C=O) groups excluding carboxylic acids is 3. The molecule has 0 aliphatic heterocycles. The topological polar surface area (TPSA) is 96.5 Å². The van der Waals surface area contributed by atoms with Crippen LogP contribution < -0.4 is 16.0 Å². The fourth-order valence-electron chi connectivity index (χ4n) is 4.71. The molecule has 0 spiro atoms. The third-order valence-corrected chi connectivity index (χ3v) is 6.61. The predicted molar refractivity (Wildman–Crippen MR) is 137 cm³/mol. The van der Waals surface area contributed by atoms with Gasteiger partial charge in [-0.25, -0.2) is 4.79 Å². The first-order chi connectivity index (χ1) is 19.1. The van der Waals surface area contributed by atoms with Crippen molar-refractivity contribution in [1.29, 1.82) is 0 Å². The molecule has 2 amide bonds. The molecule has 7 nitrogen and oxygen atoms in total. The Morgan fingerprint density at radius 2 is 1.49 bits per heavy atom.